The molecule has 1 saturated carbocycles. The van der Waals surface area contributed by atoms with E-state index in [1.807, 2.05) is 27.7 Å². The van der Waals surface area contributed by atoms with Gasteiger partial charge in [0.25, 0.3) is 5.69 Å². The van der Waals surface area contributed by atoms with E-state index < -0.39 is 16.3 Å². The number of rotatable bonds is 8. The number of halogens is 1. The predicted molar refractivity (Wildman–Crippen MR) is 138 cm³/mol. The van der Waals surface area contributed by atoms with Gasteiger partial charge in [-0.25, -0.2) is 9.18 Å². The molecule has 1 aliphatic carbocycles. The summed E-state index contributed by atoms with van der Waals surface area (Å²) in [5.74, 6) is -0.264. The molecule has 2 N–H and O–H groups in total. The van der Waals surface area contributed by atoms with Gasteiger partial charge in [-0.1, -0.05) is 6.92 Å². The zero-order chi connectivity index (χ0) is 26.5. The zero-order valence-electron chi connectivity index (χ0n) is 22.1. The second-order valence-electron chi connectivity index (χ2n) is 11.7. The van der Waals surface area contributed by atoms with Crippen molar-refractivity contribution in [3.05, 3.63) is 33.6 Å². The molecule has 2 fully saturated rings. The van der Waals surface area contributed by atoms with E-state index in [4.69, 9.17) is 9.84 Å². The molecule has 0 radical (unpaired) electrons. The molecule has 0 bridgehead atoms. The highest BCUT2D eigenvalue weighted by Gasteiger charge is 2.40. The van der Waals surface area contributed by atoms with Gasteiger partial charge in [-0.15, -0.1) is 0 Å². The Balaban J connectivity index is 1.63. The lowest BCUT2D eigenvalue weighted by Crippen LogP contribution is -2.46. The van der Waals surface area contributed by atoms with Gasteiger partial charge in [0.1, 0.15) is 17.1 Å². The number of carbonyl (C=O) groups excluding carboxylic acids is 1. The summed E-state index contributed by atoms with van der Waals surface area (Å²) < 4.78 is 20.5. The molecule has 1 saturated heterocycles. The first kappa shape index (κ1) is 28.2. The Morgan fingerprint density at radius 2 is 1.92 bits per heavy atom. The van der Waals surface area contributed by atoms with Gasteiger partial charge < -0.3 is 20.1 Å². The quantitative estimate of drug-likeness (QED) is 0.319. The van der Waals surface area contributed by atoms with Crippen LogP contribution in [0.25, 0.3) is 0 Å². The first-order valence-electron chi connectivity index (χ1n) is 13.2. The van der Waals surface area contributed by atoms with Crippen LogP contribution in [0.3, 0.4) is 0 Å². The highest BCUT2D eigenvalue weighted by Crippen LogP contribution is 2.50. The van der Waals surface area contributed by atoms with Crippen molar-refractivity contribution in [2.75, 3.05) is 31.6 Å². The monoisotopic (exact) mass is 507 g/mol. The Morgan fingerprint density at radius 3 is 2.47 bits per heavy atom. The number of aliphatic hydroxyl groups is 1. The summed E-state index contributed by atoms with van der Waals surface area (Å²) in [5, 5.41) is 23.7. The topological polar surface area (TPSA) is 105 Å². The van der Waals surface area contributed by atoms with Crippen molar-refractivity contribution in [3.8, 4) is 0 Å². The molecule has 3 rings (SSSR count). The number of anilines is 1. The molecule has 0 aromatic heterocycles. The minimum atomic E-state index is -0.540. The zero-order valence-corrected chi connectivity index (χ0v) is 22.1. The predicted octanol–water partition coefficient (Wildman–Crippen LogP) is 6.23. The summed E-state index contributed by atoms with van der Waals surface area (Å²) in [6.07, 6.45) is 6.63. The van der Waals surface area contributed by atoms with Crippen LogP contribution in [0.2, 0.25) is 0 Å². The molecule has 0 unspecified atom stereocenters. The van der Waals surface area contributed by atoms with Crippen molar-refractivity contribution >= 4 is 17.5 Å². The molecule has 202 valence electrons. The number of ether oxygens (including phenoxy) is 1. The van der Waals surface area contributed by atoms with Gasteiger partial charge in [0.05, 0.1) is 11.0 Å². The van der Waals surface area contributed by atoms with Crippen LogP contribution < -0.4 is 5.32 Å². The van der Waals surface area contributed by atoms with E-state index in [9.17, 15) is 14.9 Å². The van der Waals surface area contributed by atoms with Crippen LogP contribution in [0.1, 0.15) is 90.5 Å². The van der Waals surface area contributed by atoms with Crippen molar-refractivity contribution in [2.45, 2.75) is 90.6 Å². The number of benzene rings is 1. The summed E-state index contributed by atoms with van der Waals surface area (Å²) in [7, 11) is 0. The number of nitrogens with zero attached hydrogens (tertiary/aromatic N) is 2. The maximum Gasteiger partial charge on any atom is 0.410 e. The Kier molecular flexibility index (Phi) is 9.19. The second kappa shape index (κ2) is 11.8. The maximum absolute atomic E-state index is 15.0. The SMILES string of the molecule is C[C@H](CCCO)CNc1cc(C2CCC3(CC2)CCN(C(=O)OC(C)(C)C)CC3)c(F)cc1[N+](=O)[O-]. The molecule has 1 spiro atoms. The van der Waals surface area contributed by atoms with Crippen LogP contribution in [0.15, 0.2) is 12.1 Å². The third kappa shape index (κ3) is 7.31. The maximum atomic E-state index is 15.0. The smallest absolute Gasteiger partial charge is 0.410 e. The molecule has 8 nitrogen and oxygen atoms in total. The van der Waals surface area contributed by atoms with Crippen molar-refractivity contribution in [3.63, 3.8) is 0 Å². The number of piperidine rings is 1. The van der Waals surface area contributed by atoms with Crippen LogP contribution in [-0.2, 0) is 4.74 Å². The van der Waals surface area contributed by atoms with Crippen molar-refractivity contribution in [1.82, 2.24) is 4.90 Å². The fraction of sp³-hybridized carbons (Fsp3) is 0.741. The molecule has 36 heavy (non-hydrogen) atoms. The molecule has 1 aliphatic heterocycles. The summed E-state index contributed by atoms with van der Waals surface area (Å²) >= 11 is 0. The molecule has 9 heteroatoms. The largest absolute Gasteiger partial charge is 0.444 e. The Hall–Kier alpha value is -2.42. The van der Waals surface area contributed by atoms with E-state index in [0.29, 0.717) is 37.3 Å². The number of carbonyl (C=O) groups is 1. The highest BCUT2D eigenvalue weighted by atomic mass is 19.1. The van der Waals surface area contributed by atoms with Crippen LogP contribution >= 0.6 is 0 Å². The van der Waals surface area contributed by atoms with Crippen LogP contribution in [0.4, 0.5) is 20.6 Å². The first-order valence-corrected chi connectivity index (χ1v) is 13.2. The number of nitro benzene ring substituents is 1. The van der Waals surface area contributed by atoms with E-state index in [2.05, 4.69) is 5.32 Å². The standard InChI is InChI=1S/C27H42FN3O5/c1-19(6-5-15-32)18-29-23-16-21(22(28)17-24(23)31(34)35)20-7-9-27(10-8-20)11-13-30(14-12-27)25(33)36-26(2,3)4/h16-17,19-20,29,32H,5-15,18H2,1-4H3/t19-/m1/s1. The number of nitrogens with one attached hydrogen (secondary N) is 1. The van der Waals surface area contributed by atoms with E-state index >= 15 is 4.39 Å². The molecular weight excluding hydrogens is 465 g/mol. The average Bonchev–Trinajstić information content (AvgIpc) is 2.81. The fourth-order valence-corrected chi connectivity index (χ4v) is 5.54. The van der Waals surface area contributed by atoms with Crippen molar-refractivity contribution < 1.29 is 24.0 Å². The Bertz CT molecular complexity index is 915. The molecule has 1 aromatic rings. The third-order valence-electron chi connectivity index (χ3n) is 7.77. The molecular formula is C27H42FN3O5. The minimum Gasteiger partial charge on any atom is -0.444 e. The lowest BCUT2D eigenvalue weighted by atomic mass is 9.64. The highest BCUT2D eigenvalue weighted by molar-refractivity contribution is 5.68. The number of nitro groups is 1. The third-order valence-corrected chi connectivity index (χ3v) is 7.77. The van der Waals surface area contributed by atoms with Crippen molar-refractivity contribution in [1.29, 1.82) is 0 Å². The Labute approximate surface area is 213 Å². The van der Waals surface area contributed by atoms with E-state index in [1.54, 1.807) is 11.0 Å². The van der Waals surface area contributed by atoms with Gasteiger partial charge in [0.15, 0.2) is 0 Å². The van der Waals surface area contributed by atoms with Gasteiger partial charge in [-0.05, 0) is 101 Å². The van der Waals surface area contributed by atoms with E-state index in [-0.39, 0.29) is 35.6 Å². The summed E-state index contributed by atoms with van der Waals surface area (Å²) in [6, 6.07) is 2.69. The van der Waals surface area contributed by atoms with Crippen LogP contribution in [0, 0.1) is 27.3 Å². The van der Waals surface area contributed by atoms with E-state index in [1.165, 1.54) is 0 Å². The fourth-order valence-electron chi connectivity index (χ4n) is 5.54. The van der Waals surface area contributed by atoms with Crippen LogP contribution in [-0.4, -0.2) is 52.9 Å². The number of amides is 1. The number of hydrogen-bond acceptors (Lipinski definition) is 6. The molecule has 1 amide bonds. The lowest BCUT2D eigenvalue weighted by molar-refractivity contribution is -0.384. The molecule has 1 aromatic carbocycles. The first-order chi connectivity index (χ1) is 16.9. The molecule has 1 heterocycles. The van der Waals surface area contributed by atoms with Crippen LogP contribution in [0.5, 0.6) is 0 Å². The number of hydrogen-bond donors (Lipinski definition) is 2. The number of likely N-dealkylation sites (tertiary alicyclic amines) is 1. The van der Waals surface area contributed by atoms with Gasteiger partial charge in [0, 0.05) is 26.2 Å². The van der Waals surface area contributed by atoms with Gasteiger partial charge in [-0.3, -0.25) is 10.1 Å². The second-order valence-corrected chi connectivity index (χ2v) is 11.7. The summed E-state index contributed by atoms with van der Waals surface area (Å²) in [5.41, 5.74) is 0.317. The summed E-state index contributed by atoms with van der Waals surface area (Å²) in [4.78, 5) is 25.2. The Morgan fingerprint density at radius 1 is 1.28 bits per heavy atom. The number of aliphatic hydroxyl groups excluding tert-OH is 1. The summed E-state index contributed by atoms with van der Waals surface area (Å²) in [6.45, 7) is 9.62. The average molecular weight is 508 g/mol. The van der Waals surface area contributed by atoms with Gasteiger partial charge in [0.2, 0.25) is 0 Å². The normalized spacial score (nSPS) is 19.2. The van der Waals surface area contributed by atoms with Gasteiger partial charge in [-0.2, -0.15) is 0 Å². The lowest BCUT2D eigenvalue weighted by Gasteiger charge is -2.46. The molecule has 1 atom stereocenters. The minimum absolute atomic E-state index is 0.0210. The van der Waals surface area contributed by atoms with Crippen molar-refractivity contribution in [2.24, 2.45) is 11.3 Å². The van der Waals surface area contributed by atoms with E-state index in [0.717, 1.165) is 51.0 Å². The molecule has 2 aliphatic rings. The van der Waals surface area contributed by atoms with Gasteiger partial charge >= 0.3 is 6.09 Å².